The first-order valence-corrected chi connectivity index (χ1v) is 13.4. The van der Waals surface area contributed by atoms with Crippen LogP contribution in [0.25, 0.3) is 16.6 Å². The molecule has 1 aromatic heterocycles. The molecule has 3 aromatic rings. The van der Waals surface area contributed by atoms with Gasteiger partial charge in [-0.1, -0.05) is 11.6 Å². The fourth-order valence-electron chi connectivity index (χ4n) is 1.88. The maximum atomic E-state index is 13.2. The second kappa shape index (κ2) is 7.68. The summed E-state index contributed by atoms with van der Waals surface area (Å²) in [6.45, 7) is 0. The van der Waals surface area contributed by atoms with Gasteiger partial charge in [0.15, 0.2) is 11.6 Å². The molecule has 0 bridgehead atoms. The van der Waals surface area contributed by atoms with Gasteiger partial charge < -0.3 is 5.73 Å². The van der Waals surface area contributed by atoms with Crippen LogP contribution in [0.5, 0.6) is 0 Å². The third-order valence-electron chi connectivity index (χ3n) is 2.82. The van der Waals surface area contributed by atoms with Crippen molar-refractivity contribution in [3.63, 3.8) is 0 Å². The molecular formula is C13H8Cl3F2N3Sn. The molecular weight excluding hydrogens is 461 g/mol. The number of nitrogen functional groups attached to an aromatic ring is 1. The molecule has 0 atom stereocenters. The van der Waals surface area contributed by atoms with E-state index in [0.29, 0.717) is 21.6 Å². The van der Waals surface area contributed by atoms with Crippen LogP contribution < -0.4 is 5.73 Å². The van der Waals surface area contributed by atoms with Crippen LogP contribution in [-0.2, 0) is 0 Å². The van der Waals surface area contributed by atoms with Crippen molar-refractivity contribution in [2.24, 2.45) is 0 Å². The minimum atomic E-state index is -0.951. The van der Waals surface area contributed by atoms with Gasteiger partial charge in [-0.05, 0) is 30.3 Å². The van der Waals surface area contributed by atoms with Gasteiger partial charge in [0.2, 0.25) is 0 Å². The zero-order chi connectivity index (χ0) is 16.3. The Morgan fingerprint density at radius 1 is 1.05 bits per heavy atom. The van der Waals surface area contributed by atoms with Crippen molar-refractivity contribution in [2.45, 2.75) is 0 Å². The molecule has 22 heavy (non-hydrogen) atoms. The van der Waals surface area contributed by atoms with Crippen LogP contribution in [0.4, 0.5) is 14.6 Å². The van der Waals surface area contributed by atoms with Crippen LogP contribution in [0, 0.1) is 11.6 Å². The van der Waals surface area contributed by atoms with Crippen LogP contribution in [0.2, 0.25) is 5.02 Å². The quantitative estimate of drug-likeness (QED) is 0.533. The fraction of sp³-hybridized carbons (Fsp3) is 0. The molecule has 0 amide bonds. The summed E-state index contributed by atoms with van der Waals surface area (Å²) in [4.78, 5) is 0. The number of halogens is 5. The summed E-state index contributed by atoms with van der Waals surface area (Å²) < 4.78 is 27.8. The predicted octanol–water partition coefficient (Wildman–Crippen LogP) is 4.54. The number of nitrogens with two attached hydrogens (primary N) is 1. The van der Waals surface area contributed by atoms with Crippen molar-refractivity contribution < 1.29 is 8.78 Å². The Balaban J connectivity index is 0.000000545. The Morgan fingerprint density at radius 3 is 2.18 bits per heavy atom. The van der Waals surface area contributed by atoms with E-state index in [1.165, 1.54) is 4.68 Å². The monoisotopic (exact) mass is 469 g/mol. The van der Waals surface area contributed by atoms with Gasteiger partial charge in [0.1, 0.15) is 5.82 Å². The number of fused-ring (bicyclic) bond motifs is 1. The average Bonchev–Trinajstić information content (AvgIpc) is 2.78. The van der Waals surface area contributed by atoms with Gasteiger partial charge in [-0.25, -0.2) is 13.5 Å². The Morgan fingerprint density at radius 2 is 1.59 bits per heavy atom. The van der Waals surface area contributed by atoms with E-state index in [-0.39, 0.29) is 5.82 Å². The van der Waals surface area contributed by atoms with Gasteiger partial charge in [-0.15, -0.1) is 0 Å². The predicted molar refractivity (Wildman–Crippen MR) is 87.9 cm³/mol. The van der Waals surface area contributed by atoms with Gasteiger partial charge in [-0.3, -0.25) is 0 Å². The van der Waals surface area contributed by atoms with E-state index < -0.39 is 30.5 Å². The number of rotatable bonds is 1. The molecule has 0 aliphatic rings. The number of anilines is 1. The molecule has 114 valence electrons. The maximum absolute atomic E-state index is 13.2. The Labute approximate surface area is 147 Å². The van der Waals surface area contributed by atoms with Gasteiger partial charge in [0.25, 0.3) is 0 Å². The van der Waals surface area contributed by atoms with Crippen LogP contribution in [-0.4, -0.2) is 28.7 Å². The normalized spacial score (nSPS) is 10.4. The molecule has 3 nitrogen and oxygen atoms in total. The van der Waals surface area contributed by atoms with Gasteiger partial charge in [0, 0.05) is 16.5 Å². The summed E-state index contributed by atoms with van der Waals surface area (Å²) in [6.07, 6.45) is 0. The van der Waals surface area contributed by atoms with E-state index in [4.69, 9.17) is 35.2 Å². The zero-order valence-corrected chi connectivity index (χ0v) is 15.9. The number of benzene rings is 2. The molecule has 2 radical (unpaired) electrons. The number of nitrogens with zero attached hydrogens (tertiary/aromatic N) is 2. The first kappa shape index (κ1) is 17.6. The molecule has 9 heteroatoms. The summed E-state index contributed by atoms with van der Waals surface area (Å²) in [7, 11) is 9.87. The van der Waals surface area contributed by atoms with Crippen molar-refractivity contribution >= 4 is 65.1 Å². The number of aromatic nitrogens is 2. The van der Waals surface area contributed by atoms with Gasteiger partial charge in [-0.2, -0.15) is 5.10 Å². The van der Waals surface area contributed by atoms with Gasteiger partial charge >= 0.3 is 36.7 Å². The van der Waals surface area contributed by atoms with E-state index in [0.717, 1.165) is 12.1 Å². The number of hydrogen-bond donors (Lipinski definition) is 1. The van der Waals surface area contributed by atoms with Gasteiger partial charge in [0.05, 0.1) is 11.2 Å². The van der Waals surface area contributed by atoms with Crippen molar-refractivity contribution in [3.8, 4) is 5.69 Å². The molecule has 1 heterocycles. The molecule has 0 aliphatic heterocycles. The molecule has 0 fully saturated rings. The Hall–Kier alpha value is -0.761. The zero-order valence-electron chi connectivity index (χ0n) is 10.8. The van der Waals surface area contributed by atoms with Crippen molar-refractivity contribution in [1.29, 1.82) is 0 Å². The molecule has 2 aromatic carbocycles. The van der Waals surface area contributed by atoms with Crippen molar-refractivity contribution in [2.75, 3.05) is 5.73 Å². The number of hydrogen-bond acceptors (Lipinski definition) is 2. The average molecular weight is 469 g/mol. The molecule has 3 rings (SSSR count). The topological polar surface area (TPSA) is 43.8 Å². The van der Waals surface area contributed by atoms with Crippen LogP contribution in [0.3, 0.4) is 0 Å². The SMILES string of the molecule is Nc1c2cc(F)c(F)cc2nn1-c1ccc(Cl)cc1.[Cl][Sn][Cl]. The summed E-state index contributed by atoms with van der Waals surface area (Å²) in [5.74, 6) is -1.65. The molecule has 0 aliphatic carbocycles. The summed E-state index contributed by atoms with van der Waals surface area (Å²) in [6, 6.07) is 8.87. The Bertz CT molecular complexity index is 793. The van der Waals surface area contributed by atoms with Crippen molar-refractivity contribution in [3.05, 3.63) is 53.1 Å². The van der Waals surface area contributed by atoms with E-state index >= 15 is 0 Å². The van der Waals surface area contributed by atoms with E-state index in [9.17, 15) is 8.78 Å². The van der Waals surface area contributed by atoms with Crippen LogP contribution >= 0.6 is 29.4 Å². The fourth-order valence-corrected chi connectivity index (χ4v) is 2.01. The molecule has 0 unspecified atom stereocenters. The van der Waals surface area contributed by atoms with Crippen LogP contribution in [0.1, 0.15) is 0 Å². The third-order valence-corrected chi connectivity index (χ3v) is 3.07. The van der Waals surface area contributed by atoms with E-state index in [1.807, 2.05) is 0 Å². The third kappa shape index (κ3) is 3.76. The minimum absolute atomic E-state index is 0.247. The summed E-state index contributed by atoms with van der Waals surface area (Å²) in [5.41, 5.74) is 6.87. The second-order valence-electron chi connectivity index (χ2n) is 4.13. The molecule has 2 N–H and O–H groups in total. The molecule has 0 saturated heterocycles. The van der Waals surface area contributed by atoms with Crippen LogP contribution in [0.15, 0.2) is 36.4 Å². The molecule has 0 saturated carbocycles. The summed E-state index contributed by atoms with van der Waals surface area (Å²) >= 11 is 4.97. The van der Waals surface area contributed by atoms with E-state index in [1.54, 1.807) is 24.3 Å². The Kier molecular flexibility index (Phi) is 6.14. The van der Waals surface area contributed by atoms with Crippen molar-refractivity contribution in [1.82, 2.24) is 9.78 Å². The standard InChI is InChI=1S/C13H8ClF2N3.2ClH.Sn/c14-7-1-3-8(4-2-7)19-13(17)9-5-10(15)11(16)6-12(9)18-19;;;/h1-6H,17H2;2*1H;/q;;;+2/p-2. The second-order valence-corrected chi connectivity index (χ2v) is 8.81. The van der Waals surface area contributed by atoms with E-state index in [2.05, 4.69) is 5.10 Å². The summed E-state index contributed by atoms with van der Waals surface area (Å²) in [5, 5.41) is 5.11. The first-order chi connectivity index (χ1) is 10.5. The molecule has 0 spiro atoms. The first-order valence-electron chi connectivity index (χ1n) is 5.83.